The number of aromatic nitrogens is 2. The molecule has 2 aromatic rings. The Balaban J connectivity index is 2.13. The first-order valence-corrected chi connectivity index (χ1v) is 8.98. The molecule has 0 saturated carbocycles. The molecule has 1 N–H and O–H groups in total. The second kappa shape index (κ2) is 7.18. The Hall–Kier alpha value is -3.03. The molecule has 0 aliphatic carbocycles. The molecular weight excluding hydrogens is 362 g/mol. The van der Waals surface area contributed by atoms with Crippen LogP contribution in [-0.4, -0.2) is 35.9 Å². The number of nitrogens with zero attached hydrogens (tertiary/aromatic N) is 2. The summed E-state index contributed by atoms with van der Waals surface area (Å²) in [5.41, 5.74) is 1.45. The zero-order valence-corrected chi connectivity index (χ0v) is 17.0. The molecule has 8 nitrogen and oxygen atoms in total. The zero-order valence-electron chi connectivity index (χ0n) is 17.0. The Bertz CT molecular complexity index is 901. The third-order valence-corrected chi connectivity index (χ3v) is 4.59. The Morgan fingerprint density at radius 3 is 2.32 bits per heavy atom. The normalized spacial score (nSPS) is 16.2. The highest BCUT2D eigenvalue weighted by Crippen LogP contribution is 2.45. The number of hydrogen-bond donors (Lipinski definition) is 1. The second-order valence-electron chi connectivity index (χ2n) is 7.68. The molecule has 1 aliphatic rings. The molecule has 150 valence electrons. The van der Waals surface area contributed by atoms with Gasteiger partial charge < -0.3 is 19.5 Å². The van der Waals surface area contributed by atoms with Crippen LogP contribution in [0.1, 0.15) is 51.2 Å². The number of esters is 1. The van der Waals surface area contributed by atoms with Gasteiger partial charge in [0.05, 0.1) is 26.0 Å². The Labute approximate surface area is 163 Å². The smallest absolute Gasteiger partial charge is 0.308 e. The number of ether oxygens (including phenoxy) is 3. The topological polar surface area (TPSA) is 91.7 Å². The van der Waals surface area contributed by atoms with Gasteiger partial charge in [0.2, 0.25) is 11.7 Å². The van der Waals surface area contributed by atoms with E-state index >= 15 is 0 Å². The van der Waals surface area contributed by atoms with Crippen LogP contribution in [0.15, 0.2) is 18.3 Å². The summed E-state index contributed by atoms with van der Waals surface area (Å²) in [6.45, 7) is 7.38. The van der Waals surface area contributed by atoms with E-state index < -0.39 is 5.97 Å². The molecule has 1 atom stereocenters. The van der Waals surface area contributed by atoms with E-state index in [2.05, 4.69) is 10.4 Å². The molecule has 0 spiro atoms. The fourth-order valence-corrected chi connectivity index (χ4v) is 3.37. The molecule has 1 unspecified atom stereocenters. The molecule has 1 aromatic heterocycles. The van der Waals surface area contributed by atoms with Gasteiger partial charge in [0, 0.05) is 24.8 Å². The van der Waals surface area contributed by atoms with Crippen molar-refractivity contribution in [2.75, 3.05) is 19.5 Å². The quantitative estimate of drug-likeness (QED) is 0.640. The van der Waals surface area contributed by atoms with E-state index in [4.69, 9.17) is 14.2 Å². The summed E-state index contributed by atoms with van der Waals surface area (Å²) < 4.78 is 17.9. The Kier molecular flexibility index (Phi) is 5.06. The summed E-state index contributed by atoms with van der Waals surface area (Å²) >= 11 is 0. The van der Waals surface area contributed by atoms with E-state index in [1.54, 1.807) is 18.3 Å². The van der Waals surface area contributed by atoms with Crippen LogP contribution in [0.4, 0.5) is 5.82 Å². The van der Waals surface area contributed by atoms with Gasteiger partial charge in [-0.25, -0.2) is 4.68 Å². The van der Waals surface area contributed by atoms with Gasteiger partial charge in [0.1, 0.15) is 5.82 Å². The number of benzene rings is 1. The fourth-order valence-electron chi connectivity index (χ4n) is 3.37. The molecule has 0 radical (unpaired) electrons. The highest BCUT2D eigenvalue weighted by molar-refractivity contribution is 5.94. The monoisotopic (exact) mass is 387 g/mol. The van der Waals surface area contributed by atoms with E-state index in [0.29, 0.717) is 17.3 Å². The molecule has 3 rings (SSSR count). The van der Waals surface area contributed by atoms with Crippen LogP contribution < -0.4 is 19.5 Å². The van der Waals surface area contributed by atoms with Crippen molar-refractivity contribution in [2.24, 2.45) is 0 Å². The van der Waals surface area contributed by atoms with Gasteiger partial charge in [-0.1, -0.05) is 0 Å². The van der Waals surface area contributed by atoms with Gasteiger partial charge in [-0.05, 0) is 38.5 Å². The standard InChI is InChI=1S/C20H25N3O5/c1-11(24)28-18-15(26-5)7-12(8-16(18)27-6)13-9-17(25)22-19-14(13)10-21-23(19)20(2,3)4/h7-8,10,13H,9H2,1-6H3,(H,22,25). The van der Waals surface area contributed by atoms with Crippen LogP contribution in [0.5, 0.6) is 17.2 Å². The van der Waals surface area contributed by atoms with Crippen LogP contribution in [0.3, 0.4) is 0 Å². The lowest BCUT2D eigenvalue weighted by Crippen LogP contribution is -2.30. The maximum absolute atomic E-state index is 12.4. The molecular formula is C20H25N3O5. The van der Waals surface area contributed by atoms with Crippen molar-refractivity contribution in [3.63, 3.8) is 0 Å². The molecule has 28 heavy (non-hydrogen) atoms. The number of nitrogens with one attached hydrogen (secondary N) is 1. The molecule has 1 aliphatic heterocycles. The zero-order chi connectivity index (χ0) is 20.6. The number of fused-ring (bicyclic) bond motifs is 1. The Morgan fingerprint density at radius 1 is 1.21 bits per heavy atom. The first kappa shape index (κ1) is 19.7. The number of carbonyl (C=O) groups excluding carboxylic acids is 2. The van der Waals surface area contributed by atoms with Gasteiger partial charge >= 0.3 is 5.97 Å². The maximum atomic E-state index is 12.4. The first-order valence-electron chi connectivity index (χ1n) is 8.98. The van der Waals surface area contributed by atoms with Gasteiger partial charge in [-0.3, -0.25) is 9.59 Å². The largest absolute Gasteiger partial charge is 0.493 e. The first-order chi connectivity index (χ1) is 13.2. The Morgan fingerprint density at radius 2 is 1.82 bits per heavy atom. The fraction of sp³-hybridized carbons (Fsp3) is 0.450. The molecule has 8 heteroatoms. The van der Waals surface area contributed by atoms with E-state index in [1.165, 1.54) is 21.1 Å². The lowest BCUT2D eigenvalue weighted by Gasteiger charge is -2.28. The molecule has 0 saturated heterocycles. The van der Waals surface area contributed by atoms with E-state index in [0.717, 1.165) is 11.1 Å². The minimum atomic E-state index is -0.477. The van der Waals surface area contributed by atoms with E-state index in [1.807, 2.05) is 25.5 Å². The predicted octanol–water partition coefficient (Wildman–Crippen LogP) is 3.05. The van der Waals surface area contributed by atoms with Crippen LogP contribution >= 0.6 is 0 Å². The third kappa shape index (κ3) is 3.54. The van der Waals surface area contributed by atoms with Gasteiger partial charge in [-0.2, -0.15) is 5.10 Å². The van der Waals surface area contributed by atoms with Gasteiger partial charge in [-0.15, -0.1) is 0 Å². The van der Waals surface area contributed by atoms with Gasteiger partial charge in [0.25, 0.3) is 0 Å². The SMILES string of the molecule is COc1cc(C2CC(=O)Nc3c2cnn3C(C)(C)C)cc(OC)c1OC(C)=O. The molecule has 1 amide bonds. The average Bonchev–Trinajstić information content (AvgIpc) is 3.04. The molecule has 0 bridgehead atoms. The lowest BCUT2D eigenvalue weighted by molar-refractivity contribution is -0.132. The van der Waals surface area contributed by atoms with Crippen molar-refractivity contribution in [1.82, 2.24) is 9.78 Å². The third-order valence-electron chi connectivity index (χ3n) is 4.59. The lowest BCUT2D eigenvalue weighted by atomic mass is 9.87. The minimum absolute atomic E-state index is 0.0921. The van der Waals surface area contributed by atoms with Crippen molar-refractivity contribution in [1.29, 1.82) is 0 Å². The highest BCUT2D eigenvalue weighted by atomic mass is 16.6. The van der Waals surface area contributed by atoms with Crippen molar-refractivity contribution in [3.05, 3.63) is 29.5 Å². The number of anilines is 1. The van der Waals surface area contributed by atoms with E-state index in [-0.39, 0.29) is 29.5 Å². The highest BCUT2D eigenvalue weighted by Gasteiger charge is 2.33. The molecule has 0 fully saturated rings. The predicted molar refractivity (Wildman–Crippen MR) is 103 cm³/mol. The van der Waals surface area contributed by atoms with E-state index in [9.17, 15) is 9.59 Å². The maximum Gasteiger partial charge on any atom is 0.308 e. The number of hydrogen-bond acceptors (Lipinski definition) is 6. The van der Waals surface area contributed by atoms with Crippen molar-refractivity contribution >= 4 is 17.7 Å². The summed E-state index contributed by atoms with van der Waals surface area (Å²) in [6, 6.07) is 3.53. The average molecular weight is 387 g/mol. The van der Waals surface area contributed by atoms with Crippen LogP contribution in [0.25, 0.3) is 0 Å². The summed E-state index contributed by atoms with van der Waals surface area (Å²) in [7, 11) is 2.98. The number of methoxy groups -OCH3 is 2. The summed E-state index contributed by atoms with van der Waals surface area (Å²) in [4.78, 5) is 23.9. The molecule has 2 heterocycles. The van der Waals surface area contributed by atoms with Crippen LogP contribution in [0, 0.1) is 0 Å². The van der Waals surface area contributed by atoms with Crippen LogP contribution in [0.2, 0.25) is 0 Å². The van der Waals surface area contributed by atoms with Crippen molar-refractivity contribution in [3.8, 4) is 17.2 Å². The summed E-state index contributed by atoms with van der Waals surface area (Å²) in [5.74, 6) is 0.832. The second-order valence-corrected chi connectivity index (χ2v) is 7.68. The summed E-state index contributed by atoms with van der Waals surface area (Å²) in [6.07, 6.45) is 2.05. The van der Waals surface area contributed by atoms with Crippen molar-refractivity contribution < 1.29 is 23.8 Å². The molecule has 1 aromatic carbocycles. The number of rotatable bonds is 4. The minimum Gasteiger partial charge on any atom is -0.493 e. The van der Waals surface area contributed by atoms with Gasteiger partial charge in [0.15, 0.2) is 11.5 Å². The number of carbonyl (C=O) groups is 2. The number of amides is 1. The summed E-state index contributed by atoms with van der Waals surface area (Å²) in [5, 5.41) is 7.43. The van der Waals surface area contributed by atoms with Crippen molar-refractivity contribution in [2.45, 2.75) is 45.6 Å². The van der Waals surface area contributed by atoms with Crippen LogP contribution in [-0.2, 0) is 15.1 Å².